The summed E-state index contributed by atoms with van der Waals surface area (Å²) < 4.78 is 0. The Morgan fingerprint density at radius 1 is 1.53 bits per heavy atom. The molecule has 1 aliphatic heterocycles. The maximum atomic E-state index is 12.2. The Morgan fingerprint density at radius 3 is 2.88 bits per heavy atom. The molecule has 17 heavy (non-hydrogen) atoms. The number of aryl methyl sites for hydroxylation is 1. The zero-order valence-corrected chi connectivity index (χ0v) is 10.4. The number of carbonyl (C=O) groups is 2. The molecule has 1 saturated heterocycles. The van der Waals surface area contributed by atoms with E-state index in [1.165, 1.54) is 22.4 Å². The lowest BCUT2D eigenvalue weighted by atomic mass is 10.0. The number of likely N-dealkylation sites (tertiary alicyclic amines) is 1. The van der Waals surface area contributed by atoms with Crippen molar-refractivity contribution in [3.63, 3.8) is 0 Å². The van der Waals surface area contributed by atoms with Crippen molar-refractivity contribution in [3.05, 3.63) is 16.1 Å². The standard InChI is InChI=1S/C11H14N2O3S/c1-7-12-6-9(17-7)10(14)13-5-3-2-4-8(13)11(15)16/h6,8H,2-5H2,1H3,(H,15,16). The van der Waals surface area contributed by atoms with Crippen LogP contribution in [0.3, 0.4) is 0 Å². The average Bonchev–Trinajstić information content (AvgIpc) is 2.75. The van der Waals surface area contributed by atoms with E-state index in [1.807, 2.05) is 6.92 Å². The van der Waals surface area contributed by atoms with Gasteiger partial charge in [-0.15, -0.1) is 11.3 Å². The summed E-state index contributed by atoms with van der Waals surface area (Å²) in [6.45, 7) is 2.35. The molecule has 0 aliphatic carbocycles. The van der Waals surface area contributed by atoms with Crippen molar-refractivity contribution in [1.29, 1.82) is 0 Å². The van der Waals surface area contributed by atoms with Crippen LogP contribution in [0.1, 0.15) is 33.9 Å². The molecule has 0 saturated carbocycles. The molecular formula is C11H14N2O3S. The molecule has 2 heterocycles. The van der Waals surface area contributed by atoms with Gasteiger partial charge in [0.2, 0.25) is 0 Å². The second-order valence-corrected chi connectivity index (χ2v) is 5.33. The van der Waals surface area contributed by atoms with E-state index in [0.29, 0.717) is 17.8 Å². The van der Waals surface area contributed by atoms with Crippen molar-refractivity contribution >= 4 is 23.2 Å². The number of aliphatic carboxylic acids is 1. The molecule has 1 aliphatic rings. The minimum Gasteiger partial charge on any atom is -0.480 e. The van der Waals surface area contributed by atoms with E-state index in [1.54, 1.807) is 0 Å². The Morgan fingerprint density at radius 2 is 2.29 bits per heavy atom. The highest BCUT2D eigenvalue weighted by Gasteiger charge is 2.33. The molecular weight excluding hydrogens is 240 g/mol. The Hall–Kier alpha value is -1.43. The van der Waals surface area contributed by atoms with Crippen molar-refractivity contribution in [1.82, 2.24) is 9.88 Å². The smallest absolute Gasteiger partial charge is 0.326 e. The van der Waals surface area contributed by atoms with Crippen LogP contribution in [0.15, 0.2) is 6.20 Å². The van der Waals surface area contributed by atoms with Gasteiger partial charge in [0.05, 0.1) is 11.2 Å². The summed E-state index contributed by atoms with van der Waals surface area (Å²) in [5.41, 5.74) is 0. The minimum absolute atomic E-state index is 0.206. The first kappa shape index (κ1) is 12.0. The minimum atomic E-state index is -0.917. The van der Waals surface area contributed by atoms with Crippen LogP contribution in [0.5, 0.6) is 0 Å². The van der Waals surface area contributed by atoms with Crippen LogP contribution in [-0.2, 0) is 4.79 Å². The maximum absolute atomic E-state index is 12.2. The number of hydrogen-bond donors (Lipinski definition) is 1. The molecule has 0 bridgehead atoms. The van der Waals surface area contributed by atoms with Gasteiger partial charge in [-0.3, -0.25) is 4.79 Å². The van der Waals surface area contributed by atoms with Crippen LogP contribution in [-0.4, -0.2) is 39.5 Å². The van der Waals surface area contributed by atoms with Crippen molar-refractivity contribution in [3.8, 4) is 0 Å². The fourth-order valence-corrected chi connectivity index (χ4v) is 2.77. The number of amides is 1. The highest BCUT2D eigenvalue weighted by atomic mass is 32.1. The Kier molecular flexibility index (Phi) is 3.42. The number of piperidine rings is 1. The molecule has 5 nitrogen and oxygen atoms in total. The van der Waals surface area contributed by atoms with Gasteiger partial charge in [-0.05, 0) is 26.2 Å². The molecule has 0 radical (unpaired) electrons. The number of aromatic nitrogens is 1. The molecule has 0 spiro atoms. The molecule has 1 fully saturated rings. The third-order valence-corrected chi connectivity index (χ3v) is 3.78. The molecule has 1 aromatic rings. The predicted octanol–water partition coefficient (Wildman–Crippen LogP) is 1.53. The van der Waals surface area contributed by atoms with Gasteiger partial charge in [-0.1, -0.05) is 0 Å². The van der Waals surface area contributed by atoms with Crippen LogP contribution in [0.2, 0.25) is 0 Å². The number of rotatable bonds is 2. The van der Waals surface area contributed by atoms with E-state index >= 15 is 0 Å². The summed E-state index contributed by atoms with van der Waals surface area (Å²) in [7, 11) is 0. The first-order valence-electron chi connectivity index (χ1n) is 5.56. The van der Waals surface area contributed by atoms with E-state index in [2.05, 4.69) is 4.98 Å². The lowest BCUT2D eigenvalue weighted by Crippen LogP contribution is -2.47. The number of carboxylic acids is 1. The number of hydrogen-bond acceptors (Lipinski definition) is 4. The van der Waals surface area contributed by atoms with E-state index < -0.39 is 12.0 Å². The normalized spacial score (nSPS) is 20.3. The second kappa shape index (κ2) is 4.83. The highest BCUT2D eigenvalue weighted by molar-refractivity contribution is 7.13. The fraction of sp³-hybridized carbons (Fsp3) is 0.545. The SMILES string of the molecule is Cc1ncc(C(=O)N2CCCCC2C(=O)O)s1. The van der Waals surface area contributed by atoms with Gasteiger partial charge in [-0.25, -0.2) is 9.78 Å². The largest absolute Gasteiger partial charge is 0.480 e. The second-order valence-electron chi connectivity index (χ2n) is 4.09. The van der Waals surface area contributed by atoms with Crippen LogP contribution in [0.4, 0.5) is 0 Å². The van der Waals surface area contributed by atoms with Crippen molar-refractivity contribution in [2.45, 2.75) is 32.2 Å². The van der Waals surface area contributed by atoms with Crippen LogP contribution >= 0.6 is 11.3 Å². The Balaban J connectivity index is 2.19. The summed E-state index contributed by atoms with van der Waals surface area (Å²) in [4.78, 5) is 29.3. The van der Waals surface area contributed by atoms with Gasteiger partial charge in [0.25, 0.3) is 5.91 Å². The molecule has 1 unspecified atom stereocenters. The van der Waals surface area contributed by atoms with Gasteiger partial charge in [0, 0.05) is 6.54 Å². The molecule has 6 heteroatoms. The van der Waals surface area contributed by atoms with Gasteiger partial charge in [0.15, 0.2) is 0 Å². The monoisotopic (exact) mass is 254 g/mol. The van der Waals surface area contributed by atoms with Crippen molar-refractivity contribution < 1.29 is 14.7 Å². The zero-order valence-electron chi connectivity index (χ0n) is 9.55. The molecule has 1 aromatic heterocycles. The highest BCUT2D eigenvalue weighted by Crippen LogP contribution is 2.22. The third kappa shape index (κ3) is 2.46. The Labute approximate surface area is 103 Å². The van der Waals surface area contributed by atoms with Crippen LogP contribution in [0, 0.1) is 6.92 Å². The number of carbonyl (C=O) groups excluding carboxylic acids is 1. The summed E-state index contributed by atoms with van der Waals surface area (Å²) >= 11 is 1.31. The number of nitrogens with zero attached hydrogens (tertiary/aromatic N) is 2. The van der Waals surface area contributed by atoms with E-state index in [-0.39, 0.29) is 5.91 Å². The predicted molar refractivity (Wildman–Crippen MR) is 63.2 cm³/mol. The first-order valence-corrected chi connectivity index (χ1v) is 6.37. The van der Waals surface area contributed by atoms with Crippen LogP contribution in [0.25, 0.3) is 0 Å². The van der Waals surface area contributed by atoms with Crippen LogP contribution < -0.4 is 0 Å². The molecule has 0 aromatic carbocycles. The van der Waals surface area contributed by atoms with Gasteiger partial charge in [-0.2, -0.15) is 0 Å². The molecule has 2 rings (SSSR count). The van der Waals surface area contributed by atoms with Crippen molar-refractivity contribution in [2.75, 3.05) is 6.54 Å². The summed E-state index contributed by atoms with van der Waals surface area (Å²) in [5, 5.41) is 9.92. The third-order valence-electron chi connectivity index (χ3n) is 2.88. The number of thiazole rings is 1. The topological polar surface area (TPSA) is 70.5 Å². The van der Waals surface area contributed by atoms with E-state index in [9.17, 15) is 9.59 Å². The molecule has 92 valence electrons. The quantitative estimate of drug-likeness (QED) is 0.869. The molecule has 1 atom stereocenters. The Bertz CT molecular complexity index is 444. The van der Waals surface area contributed by atoms with Gasteiger partial charge >= 0.3 is 5.97 Å². The lowest BCUT2D eigenvalue weighted by Gasteiger charge is -2.32. The first-order chi connectivity index (χ1) is 8.09. The molecule has 1 N–H and O–H groups in total. The van der Waals surface area contributed by atoms with Gasteiger partial charge in [0.1, 0.15) is 10.9 Å². The fourth-order valence-electron chi connectivity index (χ4n) is 2.03. The maximum Gasteiger partial charge on any atom is 0.326 e. The molecule has 1 amide bonds. The summed E-state index contributed by atoms with van der Waals surface area (Å²) in [5.74, 6) is -1.12. The van der Waals surface area contributed by atoms with E-state index in [4.69, 9.17) is 5.11 Å². The zero-order chi connectivity index (χ0) is 12.4. The lowest BCUT2D eigenvalue weighted by molar-refractivity contribution is -0.143. The summed E-state index contributed by atoms with van der Waals surface area (Å²) in [6.07, 6.45) is 3.80. The average molecular weight is 254 g/mol. The number of carboxylic acid groups (broad SMARTS) is 1. The van der Waals surface area contributed by atoms with E-state index in [0.717, 1.165) is 17.8 Å². The van der Waals surface area contributed by atoms with Crippen molar-refractivity contribution in [2.24, 2.45) is 0 Å². The summed E-state index contributed by atoms with van der Waals surface area (Å²) in [6, 6.07) is -0.682. The van der Waals surface area contributed by atoms with Gasteiger partial charge < -0.3 is 10.0 Å².